The van der Waals surface area contributed by atoms with E-state index in [1.54, 1.807) is 7.11 Å². The lowest BCUT2D eigenvalue weighted by Gasteiger charge is -2.27. The Hall–Kier alpha value is -3.07. The lowest BCUT2D eigenvalue weighted by atomic mass is 9.77. The number of ether oxygens (including phenoxy) is 2. The number of rotatable bonds is 3. The Kier molecular flexibility index (Phi) is 4.16. The largest absolute Gasteiger partial charge is 0.497 e. The van der Waals surface area contributed by atoms with Crippen LogP contribution in [0.3, 0.4) is 0 Å². The molecular weight excluding hydrogens is 348 g/mol. The quantitative estimate of drug-likeness (QED) is 0.587. The van der Waals surface area contributed by atoms with Crippen LogP contribution in [0.2, 0.25) is 0 Å². The van der Waals surface area contributed by atoms with Gasteiger partial charge in [0.1, 0.15) is 17.2 Å². The van der Waals surface area contributed by atoms with Crippen molar-refractivity contribution in [2.24, 2.45) is 0 Å². The number of carbonyl (C=O) groups excluding carboxylic acids is 1. The molecule has 0 aliphatic heterocycles. The Morgan fingerprint density at radius 2 is 1.43 bits per heavy atom. The fourth-order valence-corrected chi connectivity index (χ4v) is 4.55. The Morgan fingerprint density at radius 3 is 2.32 bits per heavy atom. The molecule has 0 saturated heterocycles. The van der Waals surface area contributed by atoms with Crippen LogP contribution in [0.1, 0.15) is 39.9 Å². The molecule has 3 aromatic rings. The third-order valence-electron chi connectivity index (χ3n) is 5.88. The third kappa shape index (κ3) is 2.78. The molecule has 0 aromatic heterocycles. The molecule has 3 aromatic carbocycles. The lowest BCUT2D eigenvalue weighted by molar-refractivity contribution is 0.0972. The highest BCUT2D eigenvalue weighted by atomic mass is 16.5. The Bertz CT molecular complexity index is 1080. The summed E-state index contributed by atoms with van der Waals surface area (Å²) in [7, 11) is 1.66. The van der Waals surface area contributed by atoms with E-state index < -0.39 is 0 Å². The Balaban J connectivity index is 1.57. The van der Waals surface area contributed by atoms with Crippen LogP contribution in [0.25, 0.3) is 11.1 Å². The molecule has 3 nitrogen and oxygen atoms in total. The highest BCUT2D eigenvalue weighted by Crippen LogP contribution is 2.42. The summed E-state index contributed by atoms with van der Waals surface area (Å²) in [6.07, 6.45) is 4.54. The first kappa shape index (κ1) is 17.1. The van der Waals surface area contributed by atoms with Gasteiger partial charge in [-0.25, -0.2) is 0 Å². The molecule has 0 amide bonds. The normalized spacial score (nSPS) is 14.7. The van der Waals surface area contributed by atoms with E-state index in [0.29, 0.717) is 12.2 Å². The summed E-state index contributed by atoms with van der Waals surface area (Å²) in [5.41, 5.74) is 7.29. The van der Waals surface area contributed by atoms with E-state index in [1.165, 1.54) is 27.8 Å². The van der Waals surface area contributed by atoms with E-state index in [-0.39, 0.29) is 0 Å². The molecule has 0 N–H and O–H groups in total. The number of hydrogen-bond acceptors (Lipinski definition) is 3. The minimum Gasteiger partial charge on any atom is -0.497 e. The van der Waals surface area contributed by atoms with E-state index in [4.69, 9.17) is 9.47 Å². The van der Waals surface area contributed by atoms with Gasteiger partial charge < -0.3 is 9.47 Å². The SMILES string of the molecule is COc1cccc(Oc2cccc3c2CCc2c-3ccc3c2CCCC3=O)c1. The van der Waals surface area contributed by atoms with Crippen molar-refractivity contribution < 1.29 is 14.3 Å². The van der Waals surface area contributed by atoms with E-state index in [9.17, 15) is 4.79 Å². The maximum Gasteiger partial charge on any atom is 0.163 e. The molecule has 0 radical (unpaired) electrons. The first-order valence-corrected chi connectivity index (χ1v) is 9.87. The van der Waals surface area contributed by atoms with Gasteiger partial charge in [0.2, 0.25) is 0 Å². The summed E-state index contributed by atoms with van der Waals surface area (Å²) < 4.78 is 11.5. The fraction of sp³-hybridized carbons (Fsp3) is 0.240. The number of benzene rings is 3. The maximum atomic E-state index is 12.3. The van der Waals surface area contributed by atoms with Gasteiger partial charge in [-0.3, -0.25) is 4.79 Å². The van der Waals surface area contributed by atoms with Crippen molar-refractivity contribution in [2.75, 3.05) is 7.11 Å². The van der Waals surface area contributed by atoms with Crippen LogP contribution >= 0.6 is 0 Å². The second kappa shape index (κ2) is 6.83. The monoisotopic (exact) mass is 370 g/mol. The van der Waals surface area contributed by atoms with E-state index in [0.717, 1.165) is 48.5 Å². The minimum absolute atomic E-state index is 0.296. The van der Waals surface area contributed by atoms with Gasteiger partial charge in [0, 0.05) is 23.6 Å². The molecule has 2 aliphatic carbocycles. The maximum absolute atomic E-state index is 12.3. The first-order chi connectivity index (χ1) is 13.7. The highest BCUT2D eigenvalue weighted by molar-refractivity contribution is 6.00. The summed E-state index contributed by atoms with van der Waals surface area (Å²) in [5, 5.41) is 0. The molecule has 0 saturated carbocycles. The summed E-state index contributed by atoms with van der Waals surface area (Å²) >= 11 is 0. The van der Waals surface area contributed by atoms with Crippen LogP contribution in [0.15, 0.2) is 54.6 Å². The molecule has 0 atom stereocenters. The zero-order valence-electron chi connectivity index (χ0n) is 16.0. The standard InChI is InChI=1S/C25H22O3/c1-27-16-5-2-6-17(15-16)28-25-10-4-8-19-21-11-13-22-18(7-3-9-24(22)26)20(21)12-14-23(19)25/h2,4-6,8,10-11,13,15H,3,7,9,12,14H2,1H3. The van der Waals surface area contributed by atoms with Gasteiger partial charge in [0.25, 0.3) is 0 Å². The van der Waals surface area contributed by atoms with Crippen LogP contribution < -0.4 is 9.47 Å². The smallest absolute Gasteiger partial charge is 0.163 e. The van der Waals surface area contributed by atoms with Gasteiger partial charge in [0.15, 0.2) is 5.78 Å². The van der Waals surface area contributed by atoms with Gasteiger partial charge in [0.05, 0.1) is 7.11 Å². The molecule has 2 aliphatic rings. The van der Waals surface area contributed by atoms with Crippen LogP contribution in [0, 0.1) is 0 Å². The van der Waals surface area contributed by atoms with E-state index in [1.807, 2.05) is 42.5 Å². The van der Waals surface area contributed by atoms with Crippen LogP contribution in [-0.4, -0.2) is 12.9 Å². The molecule has 5 rings (SSSR count). The minimum atomic E-state index is 0.296. The Labute approximate surface area is 164 Å². The molecule has 0 fully saturated rings. The molecule has 28 heavy (non-hydrogen) atoms. The van der Waals surface area contributed by atoms with Gasteiger partial charge in [-0.1, -0.05) is 30.3 Å². The van der Waals surface area contributed by atoms with Gasteiger partial charge in [-0.15, -0.1) is 0 Å². The Morgan fingerprint density at radius 1 is 0.714 bits per heavy atom. The first-order valence-electron chi connectivity index (χ1n) is 9.87. The zero-order valence-corrected chi connectivity index (χ0v) is 16.0. The van der Waals surface area contributed by atoms with E-state index in [2.05, 4.69) is 12.1 Å². The van der Waals surface area contributed by atoms with Crippen LogP contribution in [0.5, 0.6) is 17.2 Å². The zero-order chi connectivity index (χ0) is 19.1. The number of carbonyl (C=O) groups is 1. The van der Waals surface area contributed by atoms with Crippen molar-refractivity contribution >= 4 is 5.78 Å². The average molecular weight is 370 g/mol. The number of methoxy groups -OCH3 is 1. The topological polar surface area (TPSA) is 35.5 Å². The van der Waals surface area contributed by atoms with Gasteiger partial charge >= 0.3 is 0 Å². The number of Topliss-reactive ketones (excluding diaryl/α,β-unsaturated/α-hetero) is 1. The molecule has 0 spiro atoms. The second-order valence-corrected chi connectivity index (χ2v) is 7.46. The van der Waals surface area contributed by atoms with Crippen molar-refractivity contribution in [1.29, 1.82) is 0 Å². The summed E-state index contributed by atoms with van der Waals surface area (Å²) in [6, 6.07) is 18.1. The predicted molar refractivity (Wildman–Crippen MR) is 110 cm³/mol. The molecule has 0 bridgehead atoms. The van der Waals surface area contributed by atoms with E-state index >= 15 is 0 Å². The highest BCUT2D eigenvalue weighted by Gasteiger charge is 2.26. The molecule has 0 unspecified atom stereocenters. The van der Waals surface area contributed by atoms with Crippen molar-refractivity contribution in [3.63, 3.8) is 0 Å². The molecule has 0 heterocycles. The van der Waals surface area contributed by atoms with Crippen molar-refractivity contribution in [2.45, 2.75) is 32.1 Å². The summed E-state index contributed by atoms with van der Waals surface area (Å²) in [6.45, 7) is 0. The molecule has 3 heteroatoms. The number of fused-ring (bicyclic) bond motifs is 5. The van der Waals surface area contributed by atoms with Gasteiger partial charge in [-0.2, -0.15) is 0 Å². The third-order valence-corrected chi connectivity index (χ3v) is 5.88. The van der Waals surface area contributed by atoms with Crippen molar-refractivity contribution in [3.8, 4) is 28.4 Å². The van der Waals surface area contributed by atoms with Crippen LogP contribution in [-0.2, 0) is 19.3 Å². The predicted octanol–water partition coefficient (Wildman–Crippen LogP) is 5.77. The number of ketones is 1. The van der Waals surface area contributed by atoms with Crippen LogP contribution in [0.4, 0.5) is 0 Å². The summed E-state index contributed by atoms with van der Waals surface area (Å²) in [5.74, 6) is 2.74. The number of hydrogen-bond donors (Lipinski definition) is 0. The summed E-state index contributed by atoms with van der Waals surface area (Å²) in [4.78, 5) is 12.3. The fourth-order valence-electron chi connectivity index (χ4n) is 4.55. The average Bonchev–Trinajstić information content (AvgIpc) is 2.74. The lowest BCUT2D eigenvalue weighted by Crippen LogP contribution is -2.16. The molecule has 140 valence electrons. The second-order valence-electron chi connectivity index (χ2n) is 7.46. The van der Waals surface area contributed by atoms with Gasteiger partial charge in [-0.05, 0) is 66.1 Å². The molecular formula is C25H22O3. The van der Waals surface area contributed by atoms with Crippen molar-refractivity contribution in [3.05, 3.63) is 76.9 Å². The van der Waals surface area contributed by atoms with Crippen molar-refractivity contribution in [1.82, 2.24) is 0 Å².